The molecule has 6 nitrogen and oxygen atoms in total. The first-order chi connectivity index (χ1) is 15.6. The van der Waals surface area contributed by atoms with Gasteiger partial charge in [-0.2, -0.15) is 0 Å². The first-order valence-corrected chi connectivity index (χ1v) is 11.6. The van der Waals surface area contributed by atoms with Crippen molar-refractivity contribution in [2.75, 3.05) is 36.5 Å². The number of hydrogen-bond donors (Lipinski definition) is 1. The Balaban J connectivity index is 1.62. The molecular formula is C26H31N3O3. The zero-order valence-electron chi connectivity index (χ0n) is 18.9. The zero-order valence-corrected chi connectivity index (χ0v) is 18.9. The first-order valence-electron chi connectivity index (χ1n) is 11.6. The molecule has 0 bridgehead atoms. The van der Waals surface area contributed by atoms with Gasteiger partial charge in [-0.15, -0.1) is 0 Å². The van der Waals surface area contributed by atoms with Crippen molar-refractivity contribution >= 4 is 28.8 Å². The van der Waals surface area contributed by atoms with E-state index in [0.717, 1.165) is 24.5 Å². The van der Waals surface area contributed by atoms with Crippen molar-refractivity contribution in [2.24, 2.45) is 0 Å². The van der Waals surface area contributed by atoms with Gasteiger partial charge in [-0.25, -0.2) is 0 Å². The van der Waals surface area contributed by atoms with Gasteiger partial charge in [0.25, 0.3) is 11.8 Å². The van der Waals surface area contributed by atoms with Gasteiger partial charge < -0.3 is 15.0 Å². The summed E-state index contributed by atoms with van der Waals surface area (Å²) in [5, 5.41) is 3.25. The molecule has 0 unspecified atom stereocenters. The van der Waals surface area contributed by atoms with E-state index in [1.54, 1.807) is 0 Å². The third kappa shape index (κ3) is 4.49. The number of amides is 2. The van der Waals surface area contributed by atoms with Crippen LogP contribution in [-0.4, -0.2) is 43.0 Å². The largest absolute Gasteiger partial charge is 0.494 e. The highest BCUT2D eigenvalue weighted by Gasteiger charge is 2.38. The lowest BCUT2D eigenvalue weighted by Gasteiger charge is -2.28. The summed E-state index contributed by atoms with van der Waals surface area (Å²) in [4.78, 5) is 30.0. The van der Waals surface area contributed by atoms with E-state index >= 15 is 0 Å². The molecule has 0 aromatic heterocycles. The van der Waals surface area contributed by atoms with E-state index in [4.69, 9.17) is 4.74 Å². The summed E-state index contributed by atoms with van der Waals surface area (Å²) in [5.41, 5.74) is 3.43. The second-order valence-corrected chi connectivity index (χ2v) is 8.19. The standard InChI is InChI=1S/C26H31N3O3/c1-3-16-29-25(30)23(19-8-14-22(15-9-19)32-4-2)24(26(29)31)27-20-10-12-21(13-11-20)28-17-6-5-7-18-28/h8-15,27H,3-7,16-18H2,1-2H3. The van der Waals surface area contributed by atoms with Crippen LogP contribution in [-0.2, 0) is 9.59 Å². The van der Waals surface area contributed by atoms with E-state index in [1.165, 1.54) is 29.8 Å². The number of rotatable bonds is 8. The maximum Gasteiger partial charge on any atom is 0.278 e. The SMILES string of the molecule is CCCN1C(=O)C(Nc2ccc(N3CCCCC3)cc2)=C(c2ccc(OCC)cc2)C1=O. The van der Waals surface area contributed by atoms with Crippen LogP contribution in [0.5, 0.6) is 5.75 Å². The number of carbonyl (C=O) groups is 2. The molecule has 2 heterocycles. The van der Waals surface area contributed by atoms with Gasteiger partial charge in [0.15, 0.2) is 0 Å². The number of benzene rings is 2. The Hall–Kier alpha value is -3.28. The Morgan fingerprint density at radius 1 is 0.875 bits per heavy atom. The molecule has 1 saturated heterocycles. The number of piperidine rings is 1. The van der Waals surface area contributed by atoms with E-state index in [0.29, 0.717) is 36.4 Å². The van der Waals surface area contributed by atoms with Gasteiger partial charge in [0.05, 0.1) is 12.2 Å². The van der Waals surface area contributed by atoms with Crippen LogP contribution in [0.25, 0.3) is 5.57 Å². The van der Waals surface area contributed by atoms with E-state index in [2.05, 4.69) is 22.3 Å². The fraction of sp³-hybridized carbons (Fsp3) is 0.385. The number of hydrogen-bond acceptors (Lipinski definition) is 5. The molecule has 0 aliphatic carbocycles. The minimum atomic E-state index is -0.277. The van der Waals surface area contributed by atoms with Crippen LogP contribution in [0.15, 0.2) is 54.2 Å². The summed E-state index contributed by atoms with van der Waals surface area (Å²) in [6.07, 6.45) is 4.46. The number of ether oxygens (including phenoxy) is 1. The summed E-state index contributed by atoms with van der Waals surface area (Å²) < 4.78 is 5.52. The highest BCUT2D eigenvalue weighted by molar-refractivity contribution is 6.36. The molecule has 4 rings (SSSR count). The fourth-order valence-corrected chi connectivity index (χ4v) is 4.32. The molecule has 0 spiro atoms. The molecule has 1 fully saturated rings. The molecule has 2 aliphatic rings. The lowest BCUT2D eigenvalue weighted by atomic mass is 10.0. The normalized spacial score (nSPS) is 16.7. The average molecular weight is 434 g/mol. The number of nitrogens with zero attached hydrogens (tertiary/aromatic N) is 2. The second kappa shape index (κ2) is 9.90. The predicted molar refractivity (Wildman–Crippen MR) is 128 cm³/mol. The average Bonchev–Trinajstić information content (AvgIpc) is 3.05. The third-order valence-corrected chi connectivity index (χ3v) is 5.93. The van der Waals surface area contributed by atoms with E-state index in [9.17, 15) is 9.59 Å². The molecule has 2 aromatic carbocycles. The van der Waals surface area contributed by atoms with Crippen molar-refractivity contribution in [3.05, 3.63) is 59.8 Å². The summed E-state index contributed by atoms with van der Waals surface area (Å²) >= 11 is 0. The van der Waals surface area contributed by atoms with Crippen LogP contribution in [0.4, 0.5) is 11.4 Å². The van der Waals surface area contributed by atoms with Crippen molar-refractivity contribution in [1.29, 1.82) is 0 Å². The zero-order chi connectivity index (χ0) is 22.5. The highest BCUT2D eigenvalue weighted by Crippen LogP contribution is 2.32. The Labute approximate surface area is 189 Å². The molecule has 0 radical (unpaired) electrons. The second-order valence-electron chi connectivity index (χ2n) is 8.19. The minimum absolute atomic E-state index is 0.256. The summed E-state index contributed by atoms with van der Waals surface area (Å²) in [6.45, 7) is 7.03. The van der Waals surface area contributed by atoms with Crippen molar-refractivity contribution < 1.29 is 14.3 Å². The van der Waals surface area contributed by atoms with E-state index in [-0.39, 0.29) is 11.8 Å². The van der Waals surface area contributed by atoms with Crippen LogP contribution in [0.3, 0.4) is 0 Å². The highest BCUT2D eigenvalue weighted by atomic mass is 16.5. The van der Waals surface area contributed by atoms with Gasteiger partial charge in [0.1, 0.15) is 11.4 Å². The number of carbonyl (C=O) groups excluding carboxylic acids is 2. The molecule has 6 heteroatoms. The number of nitrogens with one attached hydrogen (secondary N) is 1. The third-order valence-electron chi connectivity index (χ3n) is 5.93. The predicted octanol–water partition coefficient (Wildman–Crippen LogP) is 4.68. The first kappa shape index (κ1) is 21.9. The molecule has 1 N–H and O–H groups in total. The lowest BCUT2D eigenvalue weighted by Crippen LogP contribution is -2.33. The summed E-state index contributed by atoms with van der Waals surface area (Å²) in [5.74, 6) is 0.205. The smallest absolute Gasteiger partial charge is 0.278 e. The van der Waals surface area contributed by atoms with Gasteiger partial charge in [0, 0.05) is 31.0 Å². The molecule has 2 amide bonds. The van der Waals surface area contributed by atoms with Crippen molar-refractivity contribution in [3.8, 4) is 5.75 Å². The molecule has 0 atom stereocenters. The maximum atomic E-state index is 13.1. The Morgan fingerprint density at radius 3 is 2.19 bits per heavy atom. The topological polar surface area (TPSA) is 61.9 Å². The number of anilines is 2. The van der Waals surface area contributed by atoms with E-state index in [1.807, 2.05) is 50.2 Å². The molecule has 32 heavy (non-hydrogen) atoms. The minimum Gasteiger partial charge on any atom is -0.494 e. The fourth-order valence-electron chi connectivity index (χ4n) is 4.32. The number of imide groups is 1. The maximum absolute atomic E-state index is 13.1. The Bertz CT molecular complexity index is 990. The lowest BCUT2D eigenvalue weighted by molar-refractivity contribution is -0.136. The van der Waals surface area contributed by atoms with Crippen LogP contribution >= 0.6 is 0 Å². The van der Waals surface area contributed by atoms with Crippen molar-refractivity contribution in [3.63, 3.8) is 0 Å². The molecule has 168 valence electrons. The molecule has 0 saturated carbocycles. The van der Waals surface area contributed by atoms with Crippen LogP contribution in [0.2, 0.25) is 0 Å². The van der Waals surface area contributed by atoms with Gasteiger partial charge >= 0.3 is 0 Å². The van der Waals surface area contributed by atoms with Crippen LogP contribution in [0, 0.1) is 0 Å². The molecule has 2 aliphatic heterocycles. The van der Waals surface area contributed by atoms with Gasteiger partial charge in [-0.05, 0) is 74.6 Å². The summed E-state index contributed by atoms with van der Waals surface area (Å²) in [6, 6.07) is 15.4. The monoisotopic (exact) mass is 433 g/mol. The van der Waals surface area contributed by atoms with E-state index < -0.39 is 0 Å². The molecular weight excluding hydrogens is 402 g/mol. The Morgan fingerprint density at radius 2 is 1.56 bits per heavy atom. The summed E-state index contributed by atoms with van der Waals surface area (Å²) in [7, 11) is 0. The quantitative estimate of drug-likeness (QED) is 0.613. The van der Waals surface area contributed by atoms with Gasteiger partial charge in [-0.1, -0.05) is 19.1 Å². The van der Waals surface area contributed by atoms with Crippen molar-refractivity contribution in [1.82, 2.24) is 4.90 Å². The van der Waals surface area contributed by atoms with Crippen LogP contribution in [0.1, 0.15) is 45.1 Å². The van der Waals surface area contributed by atoms with Gasteiger partial charge in [-0.3, -0.25) is 14.5 Å². The van der Waals surface area contributed by atoms with Crippen LogP contribution < -0.4 is 15.0 Å². The Kier molecular flexibility index (Phi) is 6.78. The molecule has 2 aromatic rings. The van der Waals surface area contributed by atoms with Gasteiger partial charge in [0.2, 0.25) is 0 Å². The van der Waals surface area contributed by atoms with Crippen molar-refractivity contribution in [2.45, 2.75) is 39.5 Å².